The van der Waals surface area contributed by atoms with Gasteiger partial charge < -0.3 is 10.2 Å². The van der Waals surface area contributed by atoms with Gasteiger partial charge in [-0.1, -0.05) is 18.7 Å². The maximum Gasteiger partial charge on any atom is 0.257 e. The Hall–Kier alpha value is -1.95. The molecule has 0 aliphatic carbocycles. The number of benzene rings is 1. The molecule has 6 heteroatoms. The number of nitrogen functional groups attached to an aromatic ring is 1. The fraction of sp³-hybridized carbons (Fsp3) is 0.286. The van der Waals surface area contributed by atoms with Gasteiger partial charge in [0.2, 0.25) is 0 Å². The van der Waals surface area contributed by atoms with Gasteiger partial charge in [0, 0.05) is 24.2 Å². The summed E-state index contributed by atoms with van der Waals surface area (Å²) in [6.07, 6.45) is 0.945. The van der Waals surface area contributed by atoms with Crippen molar-refractivity contribution in [2.75, 3.05) is 5.73 Å². The van der Waals surface area contributed by atoms with Gasteiger partial charge in [-0.2, -0.15) is 5.10 Å². The van der Waals surface area contributed by atoms with E-state index in [1.54, 1.807) is 11.8 Å². The number of aryl methyl sites for hydroxylation is 2. The number of aromatic nitrogens is 3. The Morgan fingerprint density at radius 1 is 1.35 bits per heavy atom. The lowest BCUT2D eigenvalue weighted by atomic mass is 10.3. The molecular formula is C14H16N4OS. The summed E-state index contributed by atoms with van der Waals surface area (Å²) in [4.78, 5) is 4.43. The number of hydrogen-bond donors (Lipinski definition) is 1. The molecular weight excluding hydrogens is 272 g/mol. The molecule has 3 rings (SSSR count). The van der Waals surface area contributed by atoms with Gasteiger partial charge >= 0.3 is 0 Å². The van der Waals surface area contributed by atoms with Crippen LogP contribution < -0.4 is 5.73 Å². The SMILES string of the molecule is CCc1cc(CSc2nc3cc(N)ccc3o2)n(C)n1. The molecule has 0 amide bonds. The first-order valence-electron chi connectivity index (χ1n) is 6.46. The lowest BCUT2D eigenvalue weighted by molar-refractivity contribution is 0.489. The van der Waals surface area contributed by atoms with Crippen LogP contribution in [0.2, 0.25) is 0 Å². The van der Waals surface area contributed by atoms with E-state index in [2.05, 4.69) is 23.1 Å². The zero-order valence-electron chi connectivity index (χ0n) is 11.5. The molecule has 0 aliphatic heterocycles. The van der Waals surface area contributed by atoms with E-state index in [-0.39, 0.29) is 0 Å². The van der Waals surface area contributed by atoms with Crippen LogP contribution in [0.3, 0.4) is 0 Å². The average Bonchev–Trinajstić information content (AvgIpc) is 2.99. The molecule has 0 saturated heterocycles. The Bertz CT molecular complexity index is 747. The summed E-state index contributed by atoms with van der Waals surface area (Å²) < 4.78 is 7.59. The van der Waals surface area contributed by atoms with Gasteiger partial charge in [-0.05, 0) is 30.7 Å². The van der Waals surface area contributed by atoms with Gasteiger partial charge in [0.15, 0.2) is 5.58 Å². The number of oxazole rings is 1. The van der Waals surface area contributed by atoms with Crippen LogP contribution in [0.5, 0.6) is 0 Å². The Morgan fingerprint density at radius 2 is 2.20 bits per heavy atom. The predicted octanol–water partition coefficient (Wildman–Crippen LogP) is 3.00. The van der Waals surface area contributed by atoms with E-state index < -0.39 is 0 Å². The van der Waals surface area contributed by atoms with Crippen molar-refractivity contribution in [3.05, 3.63) is 35.7 Å². The summed E-state index contributed by atoms with van der Waals surface area (Å²) in [7, 11) is 1.96. The molecule has 0 bridgehead atoms. The highest BCUT2D eigenvalue weighted by atomic mass is 32.2. The number of hydrogen-bond acceptors (Lipinski definition) is 5. The number of anilines is 1. The summed E-state index contributed by atoms with van der Waals surface area (Å²) in [5, 5.41) is 5.09. The molecule has 0 fully saturated rings. The maximum absolute atomic E-state index is 5.74. The molecule has 0 aliphatic rings. The second-order valence-corrected chi connectivity index (χ2v) is 5.53. The minimum Gasteiger partial charge on any atom is -0.431 e. The molecule has 0 unspecified atom stereocenters. The molecule has 2 N–H and O–H groups in total. The second-order valence-electron chi connectivity index (χ2n) is 4.60. The predicted molar refractivity (Wildman–Crippen MR) is 80.6 cm³/mol. The van der Waals surface area contributed by atoms with Crippen LogP contribution in [0.4, 0.5) is 5.69 Å². The highest BCUT2D eigenvalue weighted by molar-refractivity contribution is 7.98. The maximum atomic E-state index is 5.74. The number of thioether (sulfide) groups is 1. The fourth-order valence-corrected chi connectivity index (χ4v) is 2.85. The normalized spacial score (nSPS) is 11.3. The summed E-state index contributed by atoms with van der Waals surface area (Å²) in [6.45, 7) is 2.10. The van der Waals surface area contributed by atoms with Crippen LogP contribution in [0.15, 0.2) is 33.9 Å². The minimum atomic E-state index is 0.657. The molecule has 2 heterocycles. The first-order chi connectivity index (χ1) is 9.65. The summed E-state index contributed by atoms with van der Waals surface area (Å²) in [5.74, 6) is 0.784. The third kappa shape index (κ3) is 2.51. The van der Waals surface area contributed by atoms with E-state index in [9.17, 15) is 0 Å². The molecule has 3 aromatic rings. The van der Waals surface area contributed by atoms with Crippen molar-refractivity contribution >= 4 is 28.5 Å². The van der Waals surface area contributed by atoms with E-state index >= 15 is 0 Å². The van der Waals surface area contributed by atoms with Crippen LogP contribution in [0.1, 0.15) is 18.3 Å². The van der Waals surface area contributed by atoms with Crippen molar-refractivity contribution in [1.82, 2.24) is 14.8 Å². The number of rotatable bonds is 4. The van der Waals surface area contributed by atoms with E-state index in [1.807, 2.05) is 29.9 Å². The summed E-state index contributed by atoms with van der Waals surface area (Å²) in [6, 6.07) is 7.60. The first-order valence-corrected chi connectivity index (χ1v) is 7.45. The quantitative estimate of drug-likeness (QED) is 0.590. The smallest absolute Gasteiger partial charge is 0.257 e. The minimum absolute atomic E-state index is 0.657. The zero-order valence-corrected chi connectivity index (χ0v) is 12.3. The zero-order chi connectivity index (χ0) is 14.1. The topological polar surface area (TPSA) is 69.9 Å². The van der Waals surface area contributed by atoms with Crippen molar-refractivity contribution < 1.29 is 4.42 Å². The monoisotopic (exact) mass is 288 g/mol. The summed E-state index contributed by atoms with van der Waals surface area (Å²) >= 11 is 1.56. The van der Waals surface area contributed by atoms with Gasteiger partial charge in [-0.3, -0.25) is 4.68 Å². The number of nitrogens with two attached hydrogens (primary N) is 1. The Kier molecular flexibility index (Phi) is 3.40. The third-order valence-electron chi connectivity index (χ3n) is 3.13. The average molecular weight is 288 g/mol. The fourth-order valence-electron chi connectivity index (χ4n) is 2.00. The van der Waals surface area contributed by atoms with Crippen molar-refractivity contribution in [1.29, 1.82) is 0 Å². The first kappa shape index (κ1) is 13.1. The Balaban J connectivity index is 1.77. The van der Waals surface area contributed by atoms with Crippen molar-refractivity contribution in [2.24, 2.45) is 7.05 Å². The third-order valence-corrected chi connectivity index (χ3v) is 3.99. The van der Waals surface area contributed by atoms with E-state index in [4.69, 9.17) is 10.2 Å². The summed E-state index contributed by atoms with van der Waals surface area (Å²) in [5.41, 5.74) is 10.3. The van der Waals surface area contributed by atoms with Crippen LogP contribution >= 0.6 is 11.8 Å². The molecule has 5 nitrogen and oxygen atoms in total. The molecule has 0 saturated carbocycles. The largest absolute Gasteiger partial charge is 0.431 e. The molecule has 20 heavy (non-hydrogen) atoms. The molecule has 1 aromatic carbocycles. The number of fused-ring (bicyclic) bond motifs is 1. The van der Waals surface area contributed by atoms with Crippen LogP contribution in [0, 0.1) is 0 Å². The van der Waals surface area contributed by atoms with Crippen molar-refractivity contribution in [2.45, 2.75) is 24.3 Å². The highest BCUT2D eigenvalue weighted by Crippen LogP contribution is 2.27. The molecule has 104 valence electrons. The van der Waals surface area contributed by atoms with Gasteiger partial charge in [-0.15, -0.1) is 0 Å². The molecule has 0 spiro atoms. The molecule has 0 radical (unpaired) electrons. The van der Waals surface area contributed by atoms with Gasteiger partial charge in [0.1, 0.15) is 5.52 Å². The van der Waals surface area contributed by atoms with E-state index in [0.29, 0.717) is 10.9 Å². The molecule has 2 aromatic heterocycles. The van der Waals surface area contributed by atoms with E-state index in [1.165, 1.54) is 0 Å². The van der Waals surface area contributed by atoms with Gasteiger partial charge in [0.05, 0.1) is 5.69 Å². The van der Waals surface area contributed by atoms with Gasteiger partial charge in [-0.25, -0.2) is 4.98 Å². The van der Waals surface area contributed by atoms with Crippen molar-refractivity contribution in [3.63, 3.8) is 0 Å². The van der Waals surface area contributed by atoms with Crippen LogP contribution in [-0.4, -0.2) is 14.8 Å². The standard InChI is InChI=1S/C14H16N4OS/c1-3-10-7-11(18(2)17-10)8-20-14-16-12-6-9(15)4-5-13(12)19-14/h4-7H,3,8,15H2,1-2H3. The van der Waals surface area contributed by atoms with E-state index in [0.717, 1.165) is 34.7 Å². The van der Waals surface area contributed by atoms with Crippen LogP contribution in [-0.2, 0) is 19.2 Å². The second kappa shape index (κ2) is 5.20. The van der Waals surface area contributed by atoms with Crippen LogP contribution in [0.25, 0.3) is 11.1 Å². The Morgan fingerprint density at radius 3 is 2.95 bits per heavy atom. The molecule has 0 atom stereocenters. The lowest BCUT2D eigenvalue weighted by Crippen LogP contribution is -1.96. The van der Waals surface area contributed by atoms with Gasteiger partial charge in [0.25, 0.3) is 5.22 Å². The number of nitrogens with zero attached hydrogens (tertiary/aromatic N) is 3. The Labute approximate surface area is 121 Å². The highest BCUT2D eigenvalue weighted by Gasteiger charge is 2.09. The van der Waals surface area contributed by atoms with Crippen molar-refractivity contribution in [3.8, 4) is 0 Å². The lowest BCUT2D eigenvalue weighted by Gasteiger charge is -1.97.